The number of hydrogen-bond acceptors (Lipinski definition) is 3. The molecule has 0 saturated carbocycles. The van der Waals surface area contributed by atoms with Gasteiger partial charge in [-0.1, -0.05) is 0 Å². The van der Waals surface area contributed by atoms with Crippen LogP contribution in [0.4, 0.5) is 5.69 Å². The maximum absolute atomic E-state index is 9.01. The molecule has 0 heterocycles. The summed E-state index contributed by atoms with van der Waals surface area (Å²) >= 11 is 0. The molecule has 2 N–H and O–H groups in total. The molecule has 3 heteroatoms. The Morgan fingerprint density at radius 3 is 2.82 bits per heavy atom. The molecule has 0 unspecified atom stereocenters. The fraction of sp³-hybridized carbons (Fsp3) is 0.125. The average molecular weight is 148 g/mol. The van der Waals surface area contributed by atoms with Gasteiger partial charge in [0.05, 0.1) is 11.3 Å². The van der Waals surface area contributed by atoms with Gasteiger partial charge in [0.2, 0.25) is 0 Å². The minimum absolute atomic E-state index is 0.161. The predicted molar refractivity (Wildman–Crippen MR) is 42.4 cm³/mol. The normalized spacial score (nSPS) is 8.73. The first-order valence-electron chi connectivity index (χ1n) is 3.19. The number of benzene rings is 1. The van der Waals surface area contributed by atoms with E-state index in [9.17, 15) is 0 Å². The van der Waals surface area contributed by atoms with Crippen LogP contribution in [0.5, 0.6) is 5.75 Å². The molecule has 0 saturated heterocycles. The van der Waals surface area contributed by atoms with Crippen molar-refractivity contribution in [2.75, 3.05) is 12.4 Å². The minimum Gasteiger partial charge on any atom is -0.508 e. The maximum Gasteiger partial charge on any atom is 0.117 e. The summed E-state index contributed by atoms with van der Waals surface area (Å²) in [6.45, 7) is 0. The van der Waals surface area contributed by atoms with Gasteiger partial charge in [0, 0.05) is 13.1 Å². The molecular formula is C8H8N2O. The highest BCUT2D eigenvalue weighted by Gasteiger charge is 1.99. The number of nitrogens with zero attached hydrogens (tertiary/aromatic N) is 1. The Bertz CT molecular complexity index is 301. The molecule has 1 aromatic carbocycles. The van der Waals surface area contributed by atoms with E-state index in [0.29, 0.717) is 11.3 Å². The average Bonchev–Trinajstić information content (AvgIpc) is 2.04. The van der Waals surface area contributed by atoms with Crippen LogP contribution in [0, 0.1) is 11.3 Å². The van der Waals surface area contributed by atoms with E-state index < -0.39 is 0 Å². The molecule has 1 rings (SSSR count). The summed E-state index contributed by atoms with van der Waals surface area (Å²) in [5.41, 5.74) is 1.18. The first kappa shape index (κ1) is 7.42. The summed E-state index contributed by atoms with van der Waals surface area (Å²) in [6.07, 6.45) is 0. The number of nitriles is 1. The second kappa shape index (κ2) is 2.93. The summed E-state index contributed by atoms with van der Waals surface area (Å²) in [4.78, 5) is 0. The standard InChI is InChI=1S/C8H8N2O/c1-10-8-4-7(11)3-2-6(8)5-9/h2-4,10-11H,1H3. The molecule has 0 atom stereocenters. The monoisotopic (exact) mass is 148 g/mol. The summed E-state index contributed by atoms with van der Waals surface area (Å²) in [6, 6.07) is 6.57. The Hall–Kier alpha value is -1.69. The maximum atomic E-state index is 9.01. The molecule has 3 nitrogen and oxygen atoms in total. The largest absolute Gasteiger partial charge is 0.508 e. The van der Waals surface area contributed by atoms with Crippen molar-refractivity contribution >= 4 is 5.69 Å². The Morgan fingerprint density at radius 1 is 1.55 bits per heavy atom. The van der Waals surface area contributed by atoms with Crippen molar-refractivity contribution in [2.24, 2.45) is 0 Å². The van der Waals surface area contributed by atoms with E-state index in [4.69, 9.17) is 10.4 Å². The fourth-order valence-corrected chi connectivity index (χ4v) is 0.837. The molecule has 0 aliphatic rings. The first-order chi connectivity index (χ1) is 5.27. The quantitative estimate of drug-likeness (QED) is 0.631. The Labute approximate surface area is 64.9 Å². The van der Waals surface area contributed by atoms with Gasteiger partial charge in [0.25, 0.3) is 0 Å². The molecule has 0 radical (unpaired) electrons. The SMILES string of the molecule is CNc1cc(O)ccc1C#N. The lowest BCUT2D eigenvalue weighted by molar-refractivity contribution is 0.475. The molecule has 56 valence electrons. The van der Waals surface area contributed by atoms with Gasteiger partial charge >= 0.3 is 0 Å². The third-order valence-corrected chi connectivity index (χ3v) is 1.39. The molecule has 0 fully saturated rings. The van der Waals surface area contributed by atoms with Crippen molar-refractivity contribution in [1.82, 2.24) is 0 Å². The van der Waals surface area contributed by atoms with Crippen molar-refractivity contribution < 1.29 is 5.11 Å². The van der Waals surface area contributed by atoms with Gasteiger partial charge in [-0.2, -0.15) is 5.26 Å². The lowest BCUT2D eigenvalue weighted by atomic mass is 10.2. The number of anilines is 1. The van der Waals surface area contributed by atoms with Gasteiger partial charge in [0.1, 0.15) is 11.8 Å². The first-order valence-corrected chi connectivity index (χ1v) is 3.19. The number of nitrogens with one attached hydrogen (secondary N) is 1. The zero-order valence-corrected chi connectivity index (χ0v) is 6.13. The smallest absolute Gasteiger partial charge is 0.117 e. The predicted octanol–water partition coefficient (Wildman–Crippen LogP) is 1.31. The van der Waals surface area contributed by atoms with Crippen LogP contribution in [-0.2, 0) is 0 Å². The molecular weight excluding hydrogens is 140 g/mol. The summed E-state index contributed by atoms with van der Waals surface area (Å²) in [7, 11) is 1.70. The van der Waals surface area contributed by atoms with E-state index in [1.54, 1.807) is 13.1 Å². The van der Waals surface area contributed by atoms with E-state index >= 15 is 0 Å². The van der Waals surface area contributed by atoms with Crippen molar-refractivity contribution in [3.8, 4) is 11.8 Å². The molecule has 0 bridgehead atoms. The third kappa shape index (κ3) is 1.41. The second-order valence-electron chi connectivity index (χ2n) is 2.09. The molecule has 0 spiro atoms. The van der Waals surface area contributed by atoms with Crippen LogP contribution >= 0.6 is 0 Å². The highest BCUT2D eigenvalue weighted by atomic mass is 16.3. The van der Waals surface area contributed by atoms with E-state index in [-0.39, 0.29) is 5.75 Å². The molecule has 0 aromatic heterocycles. The van der Waals surface area contributed by atoms with E-state index in [2.05, 4.69) is 5.32 Å². The lowest BCUT2D eigenvalue weighted by Crippen LogP contribution is -1.90. The van der Waals surface area contributed by atoms with Crippen LogP contribution in [0.15, 0.2) is 18.2 Å². The Balaban J connectivity index is 3.19. The van der Waals surface area contributed by atoms with Gasteiger partial charge in [-0.3, -0.25) is 0 Å². The zero-order chi connectivity index (χ0) is 8.27. The van der Waals surface area contributed by atoms with Crippen LogP contribution in [0.25, 0.3) is 0 Å². The topological polar surface area (TPSA) is 56.0 Å². The van der Waals surface area contributed by atoms with E-state index in [1.807, 2.05) is 6.07 Å². The summed E-state index contributed by atoms with van der Waals surface area (Å²) < 4.78 is 0. The van der Waals surface area contributed by atoms with Gasteiger partial charge in [-0.15, -0.1) is 0 Å². The lowest BCUT2D eigenvalue weighted by Gasteiger charge is -2.01. The fourth-order valence-electron chi connectivity index (χ4n) is 0.837. The zero-order valence-electron chi connectivity index (χ0n) is 6.13. The summed E-state index contributed by atoms with van der Waals surface area (Å²) in [5.74, 6) is 0.161. The van der Waals surface area contributed by atoms with Crippen LogP contribution in [0.1, 0.15) is 5.56 Å². The van der Waals surface area contributed by atoms with Gasteiger partial charge < -0.3 is 10.4 Å². The van der Waals surface area contributed by atoms with Crippen molar-refractivity contribution in [2.45, 2.75) is 0 Å². The third-order valence-electron chi connectivity index (χ3n) is 1.39. The number of aromatic hydroxyl groups is 1. The Kier molecular flexibility index (Phi) is 1.98. The van der Waals surface area contributed by atoms with Crippen LogP contribution in [0.3, 0.4) is 0 Å². The van der Waals surface area contributed by atoms with Crippen LogP contribution < -0.4 is 5.32 Å². The van der Waals surface area contributed by atoms with Crippen molar-refractivity contribution in [3.63, 3.8) is 0 Å². The number of phenolic OH excluding ortho intramolecular Hbond substituents is 1. The molecule has 0 aliphatic carbocycles. The van der Waals surface area contributed by atoms with Crippen molar-refractivity contribution in [3.05, 3.63) is 23.8 Å². The van der Waals surface area contributed by atoms with Crippen molar-refractivity contribution in [1.29, 1.82) is 5.26 Å². The molecule has 11 heavy (non-hydrogen) atoms. The molecule has 0 aliphatic heterocycles. The van der Waals surface area contributed by atoms with Crippen LogP contribution in [0.2, 0.25) is 0 Å². The minimum atomic E-state index is 0.161. The number of hydrogen-bond donors (Lipinski definition) is 2. The van der Waals surface area contributed by atoms with Crippen LogP contribution in [-0.4, -0.2) is 12.2 Å². The molecule has 1 aromatic rings. The number of rotatable bonds is 1. The highest BCUT2D eigenvalue weighted by Crippen LogP contribution is 2.19. The van der Waals surface area contributed by atoms with Gasteiger partial charge in [0.15, 0.2) is 0 Å². The second-order valence-corrected chi connectivity index (χ2v) is 2.09. The van der Waals surface area contributed by atoms with E-state index in [0.717, 1.165) is 0 Å². The molecule has 0 amide bonds. The summed E-state index contributed by atoms with van der Waals surface area (Å²) in [5, 5.41) is 20.4. The number of phenols is 1. The van der Waals surface area contributed by atoms with E-state index in [1.165, 1.54) is 12.1 Å². The van der Waals surface area contributed by atoms with Gasteiger partial charge in [-0.25, -0.2) is 0 Å². The van der Waals surface area contributed by atoms with Gasteiger partial charge in [-0.05, 0) is 12.1 Å². The highest BCUT2D eigenvalue weighted by molar-refractivity contribution is 5.59. The Morgan fingerprint density at radius 2 is 2.27 bits per heavy atom.